The Hall–Kier alpha value is -0.260. The molecule has 1 unspecified atom stereocenters. The number of aliphatic hydroxyl groups is 1. The van der Waals surface area contributed by atoms with Crippen LogP contribution in [0.3, 0.4) is 0 Å². The Balaban J connectivity index is 2.47. The first-order chi connectivity index (χ1) is 6.38. The summed E-state index contributed by atoms with van der Waals surface area (Å²) in [6.45, 7) is 0. The third kappa shape index (κ3) is 3.86. The molecule has 0 saturated heterocycles. The fraction of sp³-hybridized carbons (Fsp3) is 0.500. The second kappa shape index (κ2) is 4.51. The van der Waals surface area contributed by atoms with E-state index in [1.165, 1.54) is 6.07 Å². The number of thiophene rings is 1. The van der Waals surface area contributed by atoms with Crippen molar-refractivity contribution in [3.63, 3.8) is 0 Å². The topological polar surface area (TPSA) is 20.2 Å². The average Bonchev–Trinajstić information content (AvgIpc) is 2.46. The van der Waals surface area contributed by atoms with Crippen molar-refractivity contribution in [1.29, 1.82) is 0 Å². The summed E-state index contributed by atoms with van der Waals surface area (Å²) in [6.07, 6.45) is -6.60. The molecule has 0 aliphatic rings. The molecule has 1 heterocycles. The molecule has 0 radical (unpaired) electrons. The van der Waals surface area contributed by atoms with Crippen molar-refractivity contribution < 1.29 is 18.3 Å². The Morgan fingerprint density at radius 2 is 2.14 bits per heavy atom. The Kier molecular flexibility index (Phi) is 3.80. The molecule has 0 spiro atoms. The van der Waals surface area contributed by atoms with Crippen LogP contribution in [-0.4, -0.2) is 11.3 Å². The van der Waals surface area contributed by atoms with Crippen LogP contribution >= 0.6 is 22.9 Å². The highest BCUT2D eigenvalue weighted by Gasteiger charge is 2.28. The molecule has 1 aromatic heterocycles. The van der Waals surface area contributed by atoms with Gasteiger partial charge in [-0.05, 0) is 12.5 Å². The molecular formula is C8H8ClF3OS. The summed E-state index contributed by atoms with van der Waals surface area (Å²) in [6, 6.07) is 1.48. The maximum Gasteiger partial charge on any atom is 0.389 e. The quantitative estimate of drug-likeness (QED) is 0.858. The van der Waals surface area contributed by atoms with Crippen LogP contribution in [0, 0.1) is 0 Å². The fourth-order valence-corrected chi connectivity index (χ4v) is 2.05. The molecule has 0 fully saturated rings. The Labute approximate surface area is 88.1 Å². The summed E-state index contributed by atoms with van der Waals surface area (Å²) in [5.74, 6) is 0. The van der Waals surface area contributed by atoms with Gasteiger partial charge < -0.3 is 5.11 Å². The molecule has 0 saturated carbocycles. The minimum absolute atomic E-state index is 0.319. The minimum Gasteiger partial charge on any atom is -0.388 e. The first kappa shape index (κ1) is 11.8. The molecule has 0 amide bonds. The number of alkyl halides is 3. The van der Waals surface area contributed by atoms with Gasteiger partial charge >= 0.3 is 6.18 Å². The van der Waals surface area contributed by atoms with Crippen LogP contribution in [0.25, 0.3) is 0 Å². The smallest absolute Gasteiger partial charge is 0.388 e. The van der Waals surface area contributed by atoms with Crippen molar-refractivity contribution in [3.8, 4) is 0 Å². The summed E-state index contributed by atoms with van der Waals surface area (Å²) in [7, 11) is 0. The maximum atomic E-state index is 11.8. The van der Waals surface area contributed by atoms with Crippen LogP contribution < -0.4 is 0 Å². The van der Waals surface area contributed by atoms with Crippen molar-refractivity contribution in [2.75, 3.05) is 0 Å². The summed E-state index contributed by atoms with van der Waals surface area (Å²) in [4.78, 5) is 0.472. The van der Waals surface area contributed by atoms with E-state index < -0.39 is 18.7 Å². The van der Waals surface area contributed by atoms with Crippen molar-refractivity contribution in [2.24, 2.45) is 0 Å². The minimum atomic E-state index is -4.22. The van der Waals surface area contributed by atoms with E-state index in [0.29, 0.717) is 9.90 Å². The highest BCUT2D eigenvalue weighted by molar-refractivity contribution is 7.10. The van der Waals surface area contributed by atoms with E-state index in [9.17, 15) is 18.3 Å². The van der Waals surface area contributed by atoms with E-state index in [1.807, 2.05) is 0 Å². The van der Waals surface area contributed by atoms with E-state index in [0.717, 1.165) is 11.3 Å². The van der Waals surface area contributed by atoms with E-state index in [4.69, 9.17) is 11.6 Å². The first-order valence-electron chi connectivity index (χ1n) is 3.87. The number of hydrogen-bond acceptors (Lipinski definition) is 2. The van der Waals surface area contributed by atoms with Crippen molar-refractivity contribution in [1.82, 2.24) is 0 Å². The lowest BCUT2D eigenvalue weighted by Crippen LogP contribution is -2.09. The monoisotopic (exact) mass is 244 g/mol. The lowest BCUT2D eigenvalue weighted by atomic mass is 10.1. The van der Waals surface area contributed by atoms with Gasteiger partial charge in [0, 0.05) is 16.7 Å². The van der Waals surface area contributed by atoms with Crippen molar-refractivity contribution >= 4 is 22.9 Å². The zero-order valence-corrected chi connectivity index (χ0v) is 8.59. The summed E-state index contributed by atoms with van der Waals surface area (Å²) < 4.78 is 35.4. The molecule has 1 rings (SSSR count). The van der Waals surface area contributed by atoms with Crippen LogP contribution in [-0.2, 0) is 0 Å². The highest BCUT2D eigenvalue weighted by atomic mass is 35.5. The molecule has 1 aromatic rings. The average molecular weight is 245 g/mol. The number of aliphatic hydroxyl groups excluding tert-OH is 1. The number of hydrogen-bond donors (Lipinski definition) is 1. The lowest BCUT2D eigenvalue weighted by Gasteiger charge is -2.10. The van der Waals surface area contributed by atoms with Crippen LogP contribution in [0.4, 0.5) is 13.2 Å². The molecule has 1 nitrogen and oxygen atoms in total. The lowest BCUT2D eigenvalue weighted by molar-refractivity contribution is -0.140. The number of rotatable bonds is 3. The van der Waals surface area contributed by atoms with E-state index in [1.54, 1.807) is 5.38 Å². The first-order valence-corrected chi connectivity index (χ1v) is 5.13. The van der Waals surface area contributed by atoms with E-state index in [-0.39, 0.29) is 6.42 Å². The van der Waals surface area contributed by atoms with Gasteiger partial charge in [-0.15, -0.1) is 11.3 Å². The van der Waals surface area contributed by atoms with Crippen LogP contribution in [0.1, 0.15) is 23.8 Å². The molecule has 1 atom stereocenters. The Bertz CT molecular complexity index is 297. The molecule has 1 N–H and O–H groups in total. The molecule has 0 aliphatic carbocycles. The molecule has 0 aliphatic heterocycles. The molecular weight excluding hydrogens is 237 g/mol. The zero-order chi connectivity index (χ0) is 10.8. The van der Waals surface area contributed by atoms with Gasteiger partial charge in [0.25, 0.3) is 0 Å². The van der Waals surface area contributed by atoms with Crippen LogP contribution in [0.2, 0.25) is 5.02 Å². The van der Waals surface area contributed by atoms with Gasteiger partial charge in [-0.2, -0.15) is 13.2 Å². The Morgan fingerprint density at radius 3 is 2.57 bits per heavy atom. The third-order valence-electron chi connectivity index (χ3n) is 1.62. The SMILES string of the molecule is OC(CCC(F)(F)F)c1cc(Cl)cs1. The van der Waals surface area contributed by atoms with Gasteiger partial charge in [0.15, 0.2) is 0 Å². The second-order valence-corrected chi connectivity index (χ2v) is 4.22. The fourth-order valence-electron chi connectivity index (χ4n) is 0.946. The van der Waals surface area contributed by atoms with Crippen molar-refractivity contribution in [2.45, 2.75) is 25.1 Å². The normalized spacial score (nSPS) is 14.4. The molecule has 6 heteroatoms. The van der Waals surface area contributed by atoms with Gasteiger partial charge in [0.05, 0.1) is 11.1 Å². The molecule has 14 heavy (non-hydrogen) atoms. The molecule has 0 bridgehead atoms. The van der Waals surface area contributed by atoms with E-state index in [2.05, 4.69) is 0 Å². The predicted octanol–water partition coefficient (Wildman–Crippen LogP) is 3.78. The molecule has 0 aromatic carbocycles. The van der Waals surface area contributed by atoms with Crippen LogP contribution in [0.5, 0.6) is 0 Å². The third-order valence-corrected chi connectivity index (χ3v) is 3.00. The zero-order valence-electron chi connectivity index (χ0n) is 7.01. The summed E-state index contributed by atoms with van der Waals surface area (Å²) >= 11 is 6.73. The second-order valence-electron chi connectivity index (χ2n) is 2.84. The Morgan fingerprint density at radius 1 is 1.50 bits per heavy atom. The largest absolute Gasteiger partial charge is 0.389 e. The standard InChI is InChI=1S/C8H8ClF3OS/c9-5-3-7(14-4-5)6(13)1-2-8(10,11)12/h3-4,6,13H,1-2H2. The summed E-state index contributed by atoms with van der Waals surface area (Å²) in [5.41, 5.74) is 0. The van der Waals surface area contributed by atoms with E-state index >= 15 is 0 Å². The van der Waals surface area contributed by atoms with Gasteiger partial charge in [-0.3, -0.25) is 0 Å². The maximum absolute atomic E-state index is 11.8. The highest BCUT2D eigenvalue weighted by Crippen LogP contribution is 2.31. The van der Waals surface area contributed by atoms with Gasteiger partial charge in [0.1, 0.15) is 0 Å². The number of halogens is 4. The predicted molar refractivity (Wildman–Crippen MR) is 49.6 cm³/mol. The van der Waals surface area contributed by atoms with Gasteiger partial charge in [-0.1, -0.05) is 11.6 Å². The van der Waals surface area contributed by atoms with Crippen molar-refractivity contribution in [3.05, 3.63) is 21.3 Å². The summed E-state index contributed by atoms with van der Waals surface area (Å²) in [5, 5.41) is 11.4. The van der Waals surface area contributed by atoms with Crippen LogP contribution in [0.15, 0.2) is 11.4 Å². The van der Waals surface area contributed by atoms with Gasteiger partial charge in [0.2, 0.25) is 0 Å². The molecule has 80 valence electrons. The van der Waals surface area contributed by atoms with Gasteiger partial charge in [-0.25, -0.2) is 0 Å².